The van der Waals surface area contributed by atoms with Crippen molar-refractivity contribution in [3.05, 3.63) is 12.3 Å². The minimum absolute atomic E-state index is 0.213. The Morgan fingerprint density at radius 1 is 1.73 bits per heavy atom. The topological polar surface area (TPSA) is 27.6 Å². The minimum Gasteiger partial charge on any atom is -0.390 e. The maximum atomic E-state index is 4.31. The van der Waals surface area contributed by atoms with Gasteiger partial charge in [0.05, 0.1) is 12.4 Å². The molecule has 3 heteroatoms. The van der Waals surface area contributed by atoms with Crippen LogP contribution in [-0.4, -0.2) is 37.4 Å². The van der Waals surface area contributed by atoms with E-state index >= 15 is 0 Å². The second kappa shape index (κ2) is 2.95. The molecule has 1 heterocycles. The number of rotatable bonds is 2. The van der Waals surface area contributed by atoms with Crippen LogP contribution in [0.25, 0.3) is 0 Å². The van der Waals surface area contributed by atoms with E-state index < -0.39 is 0 Å². The lowest BCUT2D eigenvalue weighted by atomic mass is 10.1. The first-order valence-electron chi connectivity index (χ1n) is 3.78. The molecule has 62 valence electrons. The zero-order chi connectivity index (χ0) is 8.43. The van der Waals surface area contributed by atoms with Crippen molar-refractivity contribution in [3.8, 4) is 0 Å². The fraction of sp³-hybridized carbons (Fsp3) is 0.625. The van der Waals surface area contributed by atoms with E-state index in [9.17, 15) is 0 Å². The molecule has 0 aromatic carbocycles. The molecule has 0 bridgehead atoms. The van der Waals surface area contributed by atoms with Crippen LogP contribution in [0.4, 0.5) is 0 Å². The highest BCUT2D eigenvalue weighted by Gasteiger charge is 2.25. The van der Waals surface area contributed by atoms with Crippen molar-refractivity contribution < 1.29 is 0 Å². The third-order valence-electron chi connectivity index (χ3n) is 2.19. The van der Waals surface area contributed by atoms with Gasteiger partial charge < -0.3 is 10.2 Å². The summed E-state index contributed by atoms with van der Waals surface area (Å²) in [5.74, 6) is 0. The monoisotopic (exact) mass is 153 g/mol. The van der Waals surface area contributed by atoms with Crippen molar-refractivity contribution in [3.63, 3.8) is 0 Å². The maximum Gasteiger partial charge on any atom is 0.110 e. The smallest absolute Gasteiger partial charge is 0.110 e. The molecule has 1 rings (SSSR count). The van der Waals surface area contributed by atoms with Gasteiger partial charge in [0.25, 0.3) is 0 Å². The first kappa shape index (κ1) is 8.11. The normalized spacial score (nSPS) is 29.2. The van der Waals surface area contributed by atoms with Gasteiger partial charge in [0.1, 0.15) is 6.04 Å². The third kappa shape index (κ3) is 1.37. The molecular weight excluding hydrogens is 138 g/mol. The van der Waals surface area contributed by atoms with Gasteiger partial charge in [0.2, 0.25) is 0 Å². The second-order valence-electron chi connectivity index (χ2n) is 2.89. The van der Waals surface area contributed by atoms with Crippen LogP contribution in [0.2, 0.25) is 0 Å². The Bertz CT molecular complexity index is 186. The zero-order valence-corrected chi connectivity index (χ0v) is 7.33. The number of nitrogens with zero attached hydrogens (tertiary/aromatic N) is 2. The first-order chi connectivity index (χ1) is 5.16. The highest BCUT2D eigenvalue weighted by Crippen LogP contribution is 2.15. The Morgan fingerprint density at radius 2 is 2.36 bits per heavy atom. The van der Waals surface area contributed by atoms with E-state index in [2.05, 4.69) is 28.7 Å². The first-order valence-corrected chi connectivity index (χ1v) is 3.78. The second-order valence-corrected chi connectivity index (χ2v) is 2.89. The molecule has 11 heavy (non-hydrogen) atoms. The molecule has 0 amide bonds. The molecule has 1 aliphatic rings. The van der Waals surface area contributed by atoms with Gasteiger partial charge in [0.15, 0.2) is 0 Å². The molecule has 0 radical (unpaired) electrons. The Balaban J connectivity index is 2.62. The lowest BCUT2D eigenvalue weighted by Crippen LogP contribution is -2.34. The van der Waals surface area contributed by atoms with Crippen LogP contribution in [0.5, 0.6) is 0 Å². The van der Waals surface area contributed by atoms with Gasteiger partial charge in [-0.15, -0.1) is 0 Å². The van der Waals surface area contributed by atoms with Gasteiger partial charge in [-0.1, -0.05) is 6.58 Å². The van der Waals surface area contributed by atoms with Gasteiger partial charge in [-0.2, -0.15) is 0 Å². The molecule has 0 aliphatic carbocycles. The molecule has 0 fully saturated rings. The largest absolute Gasteiger partial charge is 0.390 e. The van der Waals surface area contributed by atoms with Crippen LogP contribution >= 0.6 is 0 Å². The number of nitrogens with one attached hydrogen (secondary N) is 1. The summed E-state index contributed by atoms with van der Waals surface area (Å²) in [5.41, 5.74) is 0.984. The number of hydrogen-bond acceptors (Lipinski definition) is 3. The van der Waals surface area contributed by atoms with Crippen molar-refractivity contribution in [1.29, 1.82) is 0 Å². The van der Waals surface area contributed by atoms with Gasteiger partial charge in [-0.3, -0.25) is 4.99 Å². The average molecular weight is 153 g/mol. The van der Waals surface area contributed by atoms with Crippen molar-refractivity contribution in [1.82, 2.24) is 10.2 Å². The molecule has 0 aromatic rings. The van der Waals surface area contributed by atoms with E-state index in [1.807, 2.05) is 20.4 Å². The number of likely N-dealkylation sites (N-methyl/N-ethyl adjacent to an activating group) is 2. The van der Waals surface area contributed by atoms with E-state index in [0.29, 0.717) is 6.04 Å². The quantitative estimate of drug-likeness (QED) is 0.623. The van der Waals surface area contributed by atoms with Gasteiger partial charge >= 0.3 is 0 Å². The molecule has 1 N–H and O–H groups in total. The van der Waals surface area contributed by atoms with Gasteiger partial charge in [-0.05, 0) is 6.92 Å². The summed E-state index contributed by atoms with van der Waals surface area (Å²) in [6, 6.07) is 0.639. The predicted octanol–water partition coefficient (Wildman–Crippen LogP) is 0.450. The Labute approximate surface area is 67.8 Å². The van der Waals surface area contributed by atoms with Crippen molar-refractivity contribution in [2.45, 2.75) is 19.0 Å². The molecule has 0 spiro atoms. The number of hydrogen-bond donors (Lipinski definition) is 1. The summed E-state index contributed by atoms with van der Waals surface area (Å²) in [6.07, 6.45) is 1.86. The highest BCUT2D eigenvalue weighted by atomic mass is 15.2. The third-order valence-corrected chi connectivity index (χ3v) is 2.19. The zero-order valence-electron chi connectivity index (χ0n) is 7.33. The summed E-state index contributed by atoms with van der Waals surface area (Å²) in [7, 11) is 3.90. The SMILES string of the molecule is C=C(NC)C1N=CN(C)C1C. The molecule has 1 aliphatic heterocycles. The summed E-state index contributed by atoms with van der Waals surface area (Å²) < 4.78 is 0. The summed E-state index contributed by atoms with van der Waals surface area (Å²) >= 11 is 0. The van der Waals surface area contributed by atoms with Gasteiger partial charge in [-0.25, -0.2) is 0 Å². The Kier molecular flexibility index (Phi) is 2.17. The summed E-state index contributed by atoms with van der Waals surface area (Å²) in [6.45, 7) is 6.03. The lowest BCUT2D eigenvalue weighted by Gasteiger charge is -2.21. The average Bonchev–Trinajstić information content (AvgIpc) is 2.32. The van der Waals surface area contributed by atoms with Crippen LogP contribution in [0.15, 0.2) is 17.3 Å². The van der Waals surface area contributed by atoms with E-state index in [4.69, 9.17) is 0 Å². The predicted molar refractivity (Wildman–Crippen MR) is 47.7 cm³/mol. The highest BCUT2D eigenvalue weighted by molar-refractivity contribution is 5.59. The van der Waals surface area contributed by atoms with Crippen molar-refractivity contribution in [2.24, 2.45) is 4.99 Å². The van der Waals surface area contributed by atoms with Crippen LogP contribution < -0.4 is 5.32 Å². The fourth-order valence-electron chi connectivity index (χ4n) is 1.16. The molecule has 3 nitrogen and oxygen atoms in total. The number of aliphatic imine (C=N–C) groups is 1. The molecule has 0 saturated heterocycles. The van der Waals surface area contributed by atoms with Crippen LogP contribution in [0.1, 0.15) is 6.92 Å². The summed E-state index contributed by atoms with van der Waals surface area (Å²) in [5, 5.41) is 3.02. The van der Waals surface area contributed by atoms with Gasteiger partial charge in [0, 0.05) is 19.8 Å². The minimum atomic E-state index is 0.213. The Morgan fingerprint density at radius 3 is 2.73 bits per heavy atom. The lowest BCUT2D eigenvalue weighted by molar-refractivity contribution is 0.396. The van der Waals surface area contributed by atoms with Crippen molar-refractivity contribution >= 4 is 6.34 Å². The van der Waals surface area contributed by atoms with Crippen LogP contribution in [0.3, 0.4) is 0 Å². The van der Waals surface area contributed by atoms with E-state index in [-0.39, 0.29) is 6.04 Å². The molecule has 2 unspecified atom stereocenters. The summed E-state index contributed by atoms with van der Waals surface area (Å²) in [4.78, 5) is 6.40. The van der Waals surface area contributed by atoms with E-state index in [0.717, 1.165) is 5.70 Å². The standard InChI is InChI=1S/C8H15N3/c1-6(9-3)8-7(2)11(4)5-10-8/h5,7-9H,1H2,2-4H3. The van der Waals surface area contributed by atoms with Crippen LogP contribution in [0, 0.1) is 0 Å². The molecule has 2 atom stereocenters. The Hall–Kier alpha value is -0.990. The molecular formula is C8H15N3. The van der Waals surface area contributed by atoms with Crippen molar-refractivity contribution in [2.75, 3.05) is 14.1 Å². The fourth-order valence-corrected chi connectivity index (χ4v) is 1.16. The molecule has 0 aromatic heterocycles. The van der Waals surface area contributed by atoms with Crippen LogP contribution in [-0.2, 0) is 0 Å². The molecule has 0 saturated carbocycles. The maximum absolute atomic E-state index is 4.31. The van der Waals surface area contributed by atoms with E-state index in [1.165, 1.54) is 0 Å². The van der Waals surface area contributed by atoms with E-state index in [1.54, 1.807) is 0 Å².